The Morgan fingerprint density at radius 3 is 2.67 bits per heavy atom. The van der Waals surface area contributed by atoms with E-state index in [0.717, 1.165) is 40.3 Å². The lowest BCUT2D eigenvalue weighted by Crippen LogP contribution is -2.16. The van der Waals surface area contributed by atoms with Gasteiger partial charge in [0.05, 0.1) is 0 Å². The first kappa shape index (κ1) is 15.1. The Hall–Kier alpha value is -2.49. The molecule has 4 rings (SSSR count). The van der Waals surface area contributed by atoms with Gasteiger partial charge in [-0.25, -0.2) is 0 Å². The number of benzene rings is 2. The van der Waals surface area contributed by atoms with Gasteiger partial charge < -0.3 is 14.8 Å². The molecular weight excluding hydrogens is 302 g/mol. The van der Waals surface area contributed by atoms with Crippen molar-refractivity contribution in [3.63, 3.8) is 0 Å². The van der Waals surface area contributed by atoms with E-state index in [1.165, 1.54) is 0 Å². The van der Waals surface area contributed by atoms with Crippen molar-refractivity contribution < 1.29 is 14.3 Å². The second-order valence-electron chi connectivity index (χ2n) is 6.66. The number of aryl methyl sites for hydroxylation is 2. The largest absolute Gasteiger partial charge is 0.486 e. The summed E-state index contributed by atoms with van der Waals surface area (Å²) >= 11 is 0. The van der Waals surface area contributed by atoms with Gasteiger partial charge in [0.15, 0.2) is 11.5 Å². The van der Waals surface area contributed by atoms with Gasteiger partial charge in [-0.3, -0.25) is 4.79 Å². The van der Waals surface area contributed by atoms with E-state index < -0.39 is 0 Å². The van der Waals surface area contributed by atoms with Crippen LogP contribution < -0.4 is 14.8 Å². The summed E-state index contributed by atoms with van der Waals surface area (Å²) in [5.74, 6) is 1.99. The van der Waals surface area contributed by atoms with Crippen molar-refractivity contribution in [2.75, 3.05) is 18.5 Å². The number of anilines is 1. The van der Waals surface area contributed by atoms with Gasteiger partial charge in [-0.05, 0) is 61.1 Å². The van der Waals surface area contributed by atoms with Crippen LogP contribution in [0.1, 0.15) is 29.0 Å². The summed E-state index contributed by atoms with van der Waals surface area (Å²) in [5, 5.41) is 3.08. The maximum absolute atomic E-state index is 12.5. The Labute approximate surface area is 141 Å². The molecule has 1 fully saturated rings. The second-order valence-corrected chi connectivity index (χ2v) is 6.66. The smallest absolute Gasteiger partial charge is 0.228 e. The van der Waals surface area contributed by atoms with E-state index in [4.69, 9.17) is 9.47 Å². The molecule has 2 aromatic rings. The number of amides is 1. The van der Waals surface area contributed by atoms with Crippen molar-refractivity contribution in [3.05, 3.63) is 53.1 Å². The standard InChI is InChI=1S/C20H21NO3/c1-12-3-4-13(2)17(9-12)21-20(22)16-11-15(16)14-5-6-18-19(10-14)24-8-7-23-18/h3-6,9-10,15-16H,7-8,11H2,1-2H3,(H,21,22)/t15-,16-/m1/s1. The summed E-state index contributed by atoms with van der Waals surface area (Å²) in [6.45, 7) is 5.22. The molecule has 4 nitrogen and oxygen atoms in total. The minimum absolute atomic E-state index is 0.0347. The molecule has 1 heterocycles. The maximum atomic E-state index is 12.5. The van der Waals surface area contributed by atoms with Crippen molar-refractivity contribution in [2.45, 2.75) is 26.2 Å². The third-order valence-corrected chi connectivity index (χ3v) is 4.77. The topological polar surface area (TPSA) is 47.6 Å². The third-order valence-electron chi connectivity index (χ3n) is 4.77. The normalized spacial score (nSPS) is 21.2. The Morgan fingerprint density at radius 1 is 1.04 bits per heavy atom. The molecule has 0 radical (unpaired) electrons. The SMILES string of the molecule is Cc1ccc(C)c(NC(=O)[C@@H]2C[C@@H]2c2ccc3c(c2)OCCO3)c1. The lowest BCUT2D eigenvalue weighted by Gasteiger charge is -2.18. The van der Waals surface area contributed by atoms with Crippen LogP contribution in [-0.2, 0) is 4.79 Å². The van der Waals surface area contributed by atoms with Crippen molar-refractivity contribution >= 4 is 11.6 Å². The zero-order chi connectivity index (χ0) is 16.7. The molecule has 2 aromatic carbocycles. The van der Waals surface area contributed by atoms with Crippen LogP contribution in [0, 0.1) is 19.8 Å². The molecule has 4 heteroatoms. The summed E-state index contributed by atoms with van der Waals surface area (Å²) in [7, 11) is 0. The Balaban J connectivity index is 1.46. The highest BCUT2D eigenvalue weighted by atomic mass is 16.6. The van der Waals surface area contributed by atoms with Crippen LogP contribution in [0.4, 0.5) is 5.69 Å². The highest BCUT2D eigenvalue weighted by molar-refractivity contribution is 5.96. The minimum atomic E-state index is 0.0347. The van der Waals surface area contributed by atoms with Gasteiger partial charge in [-0.1, -0.05) is 18.2 Å². The van der Waals surface area contributed by atoms with E-state index in [2.05, 4.69) is 11.4 Å². The highest BCUT2D eigenvalue weighted by Gasteiger charge is 2.44. The summed E-state index contributed by atoms with van der Waals surface area (Å²) in [5.41, 5.74) is 4.30. The molecule has 2 aliphatic rings. The predicted octanol–water partition coefficient (Wildman–Crippen LogP) is 3.82. The summed E-state index contributed by atoms with van der Waals surface area (Å²) < 4.78 is 11.2. The zero-order valence-corrected chi connectivity index (χ0v) is 14.0. The first-order chi connectivity index (χ1) is 11.6. The lowest BCUT2D eigenvalue weighted by atomic mass is 10.1. The summed E-state index contributed by atoms with van der Waals surface area (Å²) in [6, 6.07) is 12.1. The molecule has 0 bridgehead atoms. The Kier molecular flexibility index (Phi) is 3.68. The second kappa shape index (κ2) is 5.86. The highest BCUT2D eigenvalue weighted by Crippen LogP contribution is 2.49. The number of nitrogens with one attached hydrogen (secondary N) is 1. The van der Waals surface area contributed by atoms with E-state index >= 15 is 0 Å². The maximum Gasteiger partial charge on any atom is 0.228 e. The molecule has 0 saturated heterocycles. The van der Waals surface area contributed by atoms with Gasteiger partial charge in [0.25, 0.3) is 0 Å². The van der Waals surface area contributed by atoms with Gasteiger partial charge in [0.1, 0.15) is 13.2 Å². The van der Waals surface area contributed by atoms with Crippen LogP contribution >= 0.6 is 0 Å². The molecule has 0 aromatic heterocycles. The molecule has 124 valence electrons. The van der Waals surface area contributed by atoms with Crippen molar-refractivity contribution in [3.8, 4) is 11.5 Å². The molecule has 2 atom stereocenters. The molecule has 1 saturated carbocycles. The molecule has 0 spiro atoms. The van der Waals surface area contributed by atoms with Gasteiger partial charge in [0.2, 0.25) is 5.91 Å². The fourth-order valence-corrected chi connectivity index (χ4v) is 3.24. The summed E-state index contributed by atoms with van der Waals surface area (Å²) in [4.78, 5) is 12.5. The number of carbonyl (C=O) groups excluding carboxylic acids is 1. The van der Waals surface area contributed by atoms with E-state index in [9.17, 15) is 4.79 Å². The zero-order valence-electron chi connectivity index (χ0n) is 14.0. The predicted molar refractivity (Wildman–Crippen MR) is 92.8 cm³/mol. The average Bonchev–Trinajstić information content (AvgIpc) is 3.38. The quantitative estimate of drug-likeness (QED) is 0.934. The average molecular weight is 323 g/mol. The molecule has 0 unspecified atom stereocenters. The number of ether oxygens (including phenoxy) is 2. The molecule has 1 aliphatic carbocycles. The van der Waals surface area contributed by atoms with Gasteiger partial charge in [0, 0.05) is 11.6 Å². The first-order valence-electron chi connectivity index (χ1n) is 8.39. The van der Waals surface area contributed by atoms with Crippen LogP contribution in [0.25, 0.3) is 0 Å². The van der Waals surface area contributed by atoms with E-state index in [-0.39, 0.29) is 17.7 Å². The van der Waals surface area contributed by atoms with E-state index in [1.807, 2.05) is 44.2 Å². The first-order valence-corrected chi connectivity index (χ1v) is 8.39. The van der Waals surface area contributed by atoms with Crippen molar-refractivity contribution in [2.24, 2.45) is 5.92 Å². The molecule has 24 heavy (non-hydrogen) atoms. The van der Waals surface area contributed by atoms with Gasteiger partial charge >= 0.3 is 0 Å². The number of hydrogen-bond donors (Lipinski definition) is 1. The monoisotopic (exact) mass is 323 g/mol. The molecule has 1 N–H and O–H groups in total. The van der Waals surface area contributed by atoms with E-state index in [1.54, 1.807) is 0 Å². The summed E-state index contributed by atoms with van der Waals surface area (Å²) in [6.07, 6.45) is 0.885. The van der Waals surface area contributed by atoms with Crippen molar-refractivity contribution in [1.82, 2.24) is 0 Å². The Morgan fingerprint density at radius 2 is 1.83 bits per heavy atom. The number of fused-ring (bicyclic) bond motifs is 1. The van der Waals surface area contributed by atoms with Crippen LogP contribution in [-0.4, -0.2) is 19.1 Å². The van der Waals surface area contributed by atoms with Crippen LogP contribution in [0.5, 0.6) is 11.5 Å². The van der Waals surface area contributed by atoms with Gasteiger partial charge in [-0.15, -0.1) is 0 Å². The Bertz CT molecular complexity index is 799. The lowest BCUT2D eigenvalue weighted by molar-refractivity contribution is -0.117. The fourth-order valence-electron chi connectivity index (χ4n) is 3.24. The van der Waals surface area contributed by atoms with Gasteiger partial charge in [-0.2, -0.15) is 0 Å². The third kappa shape index (κ3) is 2.84. The molecule has 1 aliphatic heterocycles. The van der Waals surface area contributed by atoms with Crippen molar-refractivity contribution in [1.29, 1.82) is 0 Å². The fraction of sp³-hybridized carbons (Fsp3) is 0.350. The van der Waals surface area contributed by atoms with Crippen LogP contribution in [0.2, 0.25) is 0 Å². The van der Waals surface area contributed by atoms with Crippen LogP contribution in [0.3, 0.4) is 0 Å². The minimum Gasteiger partial charge on any atom is -0.486 e. The van der Waals surface area contributed by atoms with Crippen LogP contribution in [0.15, 0.2) is 36.4 Å². The van der Waals surface area contributed by atoms with E-state index in [0.29, 0.717) is 13.2 Å². The number of hydrogen-bond acceptors (Lipinski definition) is 3. The number of rotatable bonds is 3. The molecule has 1 amide bonds. The number of carbonyl (C=O) groups is 1. The molecular formula is C20H21NO3.